The van der Waals surface area contributed by atoms with Crippen molar-refractivity contribution >= 4 is 0 Å². The molecule has 2 nitrogen and oxygen atoms in total. The molecule has 0 radical (unpaired) electrons. The van der Waals surface area contributed by atoms with Gasteiger partial charge in [-0.05, 0) is 68.6 Å². The highest BCUT2D eigenvalue weighted by atomic mass is 16.5. The van der Waals surface area contributed by atoms with Crippen LogP contribution in [0, 0.1) is 11.8 Å². The van der Waals surface area contributed by atoms with Crippen LogP contribution in [0.2, 0.25) is 0 Å². The van der Waals surface area contributed by atoms with Crippen LogP contribution in [0.25, 0.3) is 0 Å². The number of hydrogen-bond acceptors (Lipinski definition) is 2. The monoisotopic (exact) mass is 289 g/mol. The maximum absolute atomic E-state index is 5.20. The normalized spacial score (nSPS) is 27.3. The molecular formula is C19H31NO. The fraction of sp³-hybridized carbons (Fsp3) is 0.684. The van der Waals surface area contributed by atoms with E-state index in [1.807, 2.05) is 0 Å². The van der Waals surface area contributed by atoms with E-state index >= 15 is 0 Å². The lowest BCUT2D eigenvalue weighted by Gasteiger charge is -2.34. The minimum absolute atomic E-state index is 0.595. The molecule has 0 spiro atoms. The maximum atomic E-state index is 5.20. The van der Waals surface area contributed by atoms with Crippen LogP contribution in [-0.4, -0.2) is 19.2 Å². The Kier molecular flexibility index (Phi) is 6.10. The Morgan fingerprint density at radius 3 is 2.48 bits per heavy atom. The van der Waals surface area contributed by atoms with E-state index in [-0.39, 0.29) is 0 Å². The number of methoxy groups -OCH3 is 1. The van der Waals surface area contributed by atoms with Crippen LogP contribution < -0.4 is 10.1 Å². The van der Waals surface area contributed by atoms with Crippen molar-refractivity contribution in [1.82, 2.24) is 5.32 Å². The highest BCUT2D eigenvalue weighted by Crippen LogP contribution is 2.29. The van der Waals surface area contributed by atoms with Gasteiger partial charge < -0.3 is 10.1 Å². The number of nitrogens with one attached hydrogen (secondary N) is 1. The Morgan fingerprint density at radius 1 is 1.14 bits per heavy atom. The van der Waals surface area contributed by atoms with Gasteiger partial charge in [0, 0.05) is 12.1 Å². The molecule has 21 heavy (non-hydrogen) atoms. The molecule has 0 saturated heterocycles. The molecule has 0 aliphatic heterocycles. The summed E-state index contributed by atoms with van der Waals surface area (Å²) in [4.78, 5) is 0. The molecule has 1 fully saturated rings. The molecule has 0 aromatic heterocycles. The number of aryl methyl sites for hydroxylation is 1. The van der Waals surface area contributed by atoms with Crippen molar-refractivity contribution < 1.29 is 4.74 Å². The van der Waals surface area contributed by atoms with E-state index in [0.29, 0.717) is 6.04 Å². The molecule has 0 bridgehead atoms. The van der Waals surface area contributed by atoms with Crippen molar-refractivity contribution in [2.24, 2.45) is 11.8 Å². The summed E-state index contributed by atoms with van der Waals surface area (Å²) in [5.41, 5.74) is 1.40. The molecule has 1 aromatic carbocycles. The molecule has 1 N–H and O–H groups in total. The van der Waals surface area contributed by atoms with Crippen LogP contribution in [0.4, 0.5) is 0 Å². The Hall–Kier alpha value is -1.02. The lowest BCUT2D eigenvalue weighted by molar-refractivity contribution is 0.215. The van der Waals surface area contributed by atoms with Crippen molar-refractivity contribution in [2.75, 3.05) is 7.11 Å². The Morgan fingerprint density at radius 2 is 1.86 bits per heavy atom. The van der Waals surface area contributed by atoms with Crippen LogP contribution in [0.15, 0.2) is 24.3 Å². The van der Waals surface area contributed by atoms with Crippen molar-refractivity contribution in [2.45, 2.75) is 65.0 Å². The molecule has 1 aromatic rings. The van der Waals surface area contributed by atoms with E-state index in [0.717, 1.165) is 30.0 Å². The molecule has 4 atom stereocenters. The van der Waals surface area contributed by atoms with E-state index in [1.54, 1.807) is 7.11 Å². The highest BCUT2D eigenvalue weighted by molar-refractivity contribution is 5.27. The van der Waals surface area contributed by atoms with Gasteiger partial charge in [-0.15, -0.1) is 0 Å². The topological polar surface area (TPSA) is 21.3 Å². The molecule has 0 amide bonds. The quantitative estimate of drug-likeness (QED) is 0.836. The summed E-state index contributed by atoms with van der Waals surface area (Å²) in [7, 11) is 1.72. The van der Waals surface area contributed by atoms with E-state index in [1.165, 1.54) is 31.2 Å². The van der Waals surface area contributed by atoms with Gasteiger partial charge in [0.15, 0.2) is 0 Å². The SMILES string of the molecule is COc1ccc(CCC(C)NC2CCC(C)C(C)C2)cc1. The lowest BCUT2D eigenvalue weighted by atomic mass is 9.79. The summed E-state index contributed by atoms with van der Waals surface area (Å²) in [6.45, 7) is 7.13. The van der Waals surface area contributed by atoms with Crippen LogP contribution in [-0.2, 0) is 6.42 Å². The minimum Gasteiger partial charge on any atom is -0.497 e. The molecule has 1 saturated carbocycles. The van der Waals surface area contributed by atoms with Gasteiger partial charge in [0.2, 0.25) is 0 Å². The van der Waals surface area contributed by atoms with E-state index in [2.05, 4.69) is 50.4 Å². The Balaban J connectivity index is 1.72. The number of ether oxygens (including phenoxy) is 1. The van der Waals surface area contributed by atoms with Crippen LogP contribution >= 0.6 is 0 Å². The van der Waals surface area contributed by atoms with Gasteiger partial charge in [0.25, 0.3) is 0 Å². The summed E-state index contributed by atoms with van der Waals surface area (Å²) < 4.78 is 5.20. The summed E-state index contributed by atoms with van der Waals surface area (Å²) in [6.07, 6.45) is 6.40. The van der Waals surface area contributed by atoms with Gasteiger partial charge in [0.1, 0.15) is 5.75 Å². The van der Waals surface area contributed by atoms with Crippen molar-refractivity contribution in [3.63, 3.8) is 0 Å². The standard InChI is InChI=1S/C19H31NO/c1-14-5-10-18(13-15(14)2)20-16(3)6-7-17-8-11-19(21-4)12-9-17/h8-9,11-12,14-16,18,20H,5-7,10,13H2,1-4H3. The first kappa shape index (κ1) is 16.4. The average molecular weight is 289 g/mol. The fourth-order valence-corrected chi connectivity index (χ4v) is 3.36. The van der Waals surface area contributed by atoms with Gasteiger partial charge >= 0.3 is 0 Å². The number of hydrogen-bond donors (Lipinski definition) is 1. The van der Waals surface area contributed by atoms with Gasteiger partial charge in [-0.2, -0.15) is 0 Å². The average Bonchev–Trinajstić information content (AvgIpc) is 2.49. The Bertz CT molecular complexity index is 414. The van der Waals surface area contributed by atoms with E-state index in [4.69, 9.17) is 4.74 Å². The molecular weight excluding hydrogens is 258 g/mol. The minimum atomic E-state index is 0.595. The van der Waals surface area contributed by atoms with Crippen LogP contribution in [0.3, 0.4) is 0 Å². The first-order valence-electron chi connectivity index (χ1n) is 8.47. The van der Waals surface area contributed by atoms with Crippen LogP contribution in [0.1, 0.15) is 52.0 Å². The summed E-state index contributed by atoms with van der Waals surface area (Å²) in [6, 6.07) is 9.78. The Labute approximate surface area is 130 Å². The molecule has 0 heterocycles. The molecule has 4 unspecified atom stereocenters. The summed E-state index contributed by atoms with van der Waals surface area (Å²) in [5, 5.41) is 3.84. The zero-order valence-electron chi connectivity index (χ0n) is 14.1. The smallest absolute Gasteiger partial charge is 0.118 e. The lowest BCUT2D eigenvalue weighted by Crippen LogP contribution is -2.41. The van der Waals surface area contributed by atoms with Gasteiger partial charge in [0.05, 0.1) is 7.11 Å². The summed E-state index contributed by atoms with van der Waals surface area (Å²) in [5.74, 6) is 2.71. The van der Waals surface area contributed by atoms with Gasteiger partial charge in [-0.25, -0.2) is 0 Å². The first-order valence-corrected chi connectivity index (χ1v) is 8.47. The number of benzene rings is 1. The molecule has 2 heteroatoms. The third-order valence-corrected chi connectivity index (χ3v) is 5.14. The van der Waals surface area contributed by atoms with Crippen molar-refractivity contribution in [3.8, 4) is 5.75 Å². The predicted molar refractivity (Wildman–Crippen MR) is 89.9 cm³/mol. The second kappa shape index (κ2) is 7.84. The first-order chi connectivity index (χ1) is 10.1. The van der Waals surface area contributed by atoms with E-state index < -0.39 is 0 Å². The summed E-state index contributed by atoms with van der Waals surface area (Å²) >= 11 is 0. The highest BCUT2D eigenvalue weighted by Gasteiger charge is 2.24. The maximum Gasteiger partial charge on any atom is 0.118 e. The van der Waals surface area contributed by atoms with Crippen molar-refractivity contribution in [3.05, 3.63) is 29.8 Å². The predicted octanol–water partition coefficient (Wildman–Crippen LogP) is 4.43. The van der Waals surface area contributed by atoms with E-state index in [9.17, 15) is 0 Å². The third-order valence-electron chi connectivity index (χ3n) is 5.14. The zero-order valence-corrected chi connectivity index (χ0v) is 14.1. The molecule has 1 aliphatic carbocycles. The number of rotatable bonds is 6. The molecule has 1 aliphatic rings. The third kappa shape index (κ3) is 5.03. The fourth-order valence-electron chi connectivity index (χ4n) is 3.36. The largest absolute Gasteiger partial charge is 0.497 e. The van der Waals surface area contributed by atoms with Crippen LogP contribution in [0.5, 0.6) is 5.75 Å². The zero-order chi connectivity index (χ0) is 15.2. The van der Waals surface area contributed by atoms with Gasteiger partial charge in [-0.1, -0.05) is 26.0 Å². The van der Waals surface area contributed by atoms with Crippen molar-refractivity contribution in [1.29, 1.82) is 0 Å². The molecule has 118 valence electrons. The molecule has 2 rings (SSSR count). The van der Waals surface area contributed by atoms with Gasteiger partial charge in [-0.3, -0.25) is 0 Å². The second-order valence-corrected chi connectivity index (χ2v) is 6.92. The second-order valence-electron chi connectivity index (χ2n) is 6.92.